The second-order valence-electron chi connectivity index (χ2n) is 9.94. The Kier molecular flexibility index (Phi) is 10.2. The van der Waals surface area contributed by atoms with Crippen LogP contribution in [0.15, 0.2) is 83.7 Å². The lowest BCUT2D eigenvalue weighted by Crippen LogP contribution is -2.45. The van der Waals surface area contributed by atoms with E-state index >= 15 is 0 Å². The molecule has 0 aliphatic carbocycles. The largest absolute Gasteiger partial charge is 0.503 e. The zero-order chi connectivity index (χ0) is 29.2. The van der Waals surface area contributed by atoms with Crippen LogP contribution < -0.4 is 15.6 Å². The van der Waals surface area contributed by atoms with Crippen molar-refractivity contribution in [2.75, 3.05) is 7.11 Å². The van der Waals surface area contributed by atoms with Gasteiger partial charge in [-0.1, -0.05) is 86.8 Å². The SMILES string of the molecule is CCCCCCn1c(=O)c(C(=O)N[C@H](Cc2ccccc2)C(=O)OCc2ccccc2)cc2ccc(OC)c(O)c21. The molecule has 4 rings (SSSR count). The number of unbranched alkanes of at least 4 members (excludes halogenated alkanes) is 3. The number of ether oxygens (including phenoxy) is 2. The number of aromatic nitrogens is 1. The second kappa shape index (κ2) is 14.2. The minimum absolute atomic E-state index is 0.0580. The number of phenolic OH excluding ortho intramolecular Hbond substituents is 1. The molecule has 1 aromatic heterocycles. The van der Waals surface area contributed by atoms with Crippen LogP contribution in [0, 0.1) is 0 Å². The zero-order valence-electron chi connectivity index (χ0n) is 23.5. The van der Waals surface area contributed by atoms with Gasteiger partial charge in [0.15, 0.2) is 11.5 Å². The average Bonchev–Trinajstić information content (AvgIpc) is 2.99. The molecule has 8 heteroatoms. The van der Waals surface area contributed by atoms with Crippen molar-refractivity contribution < 1.29 is 24.2 Å². The first-order chi connectivity index (χ1) is 19.9. The summed E-state index contributed by atoms with van der Waals surface area (Å²) in [6.45, 7) is 2.48. The fraction of sp³-hybridized carbons (Fsp3) is 0.303. The van der Waals surface area contributed by atoms with E-state index in [1.54, 1.807) is 12.1 Å². The van der Waals surface area contributed by atoms with Crippen LogP contribution in [0.3, 0.4) is 0 Å². The number of benzene rings is 3. The molecule has 0 saturated heterocycles. The predicted octanol–water partition coefficient (Wildman–Crippen LogP) is 5.38. The Morgan fingerprint density at radius 1 is 0.927 bits per heavy atom. The van der Waals surface area contributed by atoms with Crippen LogP contribution in [0.1, 0.15) is 54.1 Å². The number of aryl methyl sites for hydroxylation is 1. The molecule has 8 nitrogen and oxygen atoms in total. The van der Waals surface area contributed by atoms with Gasteiger partial charge in [0.1, 0.15) is 18.2 Å². The predicted molar refractivity (Wildman–Crippen MR) is 158 cm³/mol. The van der Waals surface area contributed by atoms with Crippen molar-refractivity contribution >= 4 is 22.8 Å². The summed E-state index contributed by atoms with van der Waals surface area (Å²) in [5.74, 6) is -1.21. The maximum Gasteiger partial charge on any atom is 0.329 e. The number of phenols is 1. The van der Waals surface area contributed by atoms with Crippen LogP contribution in [0.2, 0.25) is 0 Å². The first kappa shape index (κ1) is 29.4. The highest BCUT2D eigenvalue weighted by molar-refractivity contribution is 6.00. The topological polar surface area (TPSA) is 107 Å². The minimum Gasteiger partial charge on any atom is -0.503 e. The molecule has 0 fully saturated rings. The third kappa shape index (κ3) is 7.33. The summed E-state index contributed by atoms with van der Waals surface area (Å²) >= 11 is 0. The number of carbonyl (C=O) groups excluding carboxylic acids is 2. The lowest BCUT2D eigenvalue weighted by molar-refractivity contribution is -0.147. The monoisotopic (exact) mass is 556 g/mol. The molecule has 0 aliphatic rings. The van der Waals surface area contributed by atoms with Crippen LogP contribution in [-0.2, 0) is 29.1 Å². The molecule has 0 spiro atoms. The van der Waals surface area contributed by atoms with Crippen molar-refractivity contribution in [3.8, 4) is 11.5 Å². The van der Waals surface area contributed by atoms with Crippen LogP contribution in [0.4, 0.5) is 0 Å². The lowest BCUT2D eigenvalue weighted by Gasteiger charge is -2.19. The van der Waals surface area contributed by atoms with E-state index in [2.05, 4.69) is 12.2 Å². The average molecular weight is 557 g/mol. The summed E-state index contributed by atoms with van der Waals surface area (Å²) in [5.41, 5.74) is 1.29. The molecule has 3 aromatic carbocycles. The highest BCUT2D eigenvalue weighted by atomic mass is 16.5. The third-order valence-electron chi connectivity index (χ3n) is 6.99. The molecule has 2 N–H and O–H groups in total. The Hall–Kier alpha value is -4.59. The van der Waals surface area contributed by atoms with Crippen LogP contribution in [0.5, 0.6) is 11.5 Å². The van der Waals surface area contributed by atoms with E-state index in [0.717, 1.165) is 30.4 Å². The normalized spacial score (nSPS) is 11.7. The van der Waals surface area contributed by atoms with Gasteiger partial charge in [0, 0.05) is 18.4 Å². The van der Waals surface area contributed by atoms with E-state index < -0.39 is 23.5 Å². The van der Waals surface area contributed by atoms with E-state index in [9.17, 15) is 19.5 Å². The number of aromatic hydroxyl groups is 1. The van der Waals surface area contributed by atoms with E-state index in [1.165, 1.54) is 17.7 Å². The molecule has 0 saturated carbocycles. The third-order valence-corrected chi connectivity index (χ3v) is 6.99. The second-order valence-corrected chi connectivity index (χ2v) is 9.94. The van der Waals surface area contributed by atoms with Gasteiger partial charge < -0.3 is 24.5 Å². The van der Waals surface area contributed by atoms with Gasteiger partial charge in [0.2, 0.25) is 0 Å². The number of carbonyl (C=O) groups is 2. The molecule has 1 heterocycles. The molecule has 0 aliphatic heterocycles. The Morgan fingerprint density at radius 3 is 2.27 bits per heavy atom. The molecule has 214 valence electrons. The molecule has 4 aromatic rings. The summed E-state index contributed by atoms with van der Waals surface area (Å²) in [5, 5.41) is 14.1. The number of fused-ring (bicyclic) bond motifs is 1. The molecule has 1 amide bonds. The highest BCUT2D eigenvalue weighted by Gasteiger charge is 2.26. The van der Waals surface area contributed by atoms with Crippen molar-refractivity contribution in [3.05, 3.63) is 106 Å². The fourth-order valence-electron chi connectivity index (χ4n) is 4.79. The summed E-state index contributed by atoms with van der Waals surface area (Å²) in [7, 11) is 1.44. The van der Waals surface area contributed by atoms with Gasteiger partial charge in [-0.05, 0) is 35.7 Å². The maximum atomic E-state index is 13.7. The highest BCUT2D eigenvalue weighted by Crippen LogP contribution is 2.34. The van der Waals surface area contributed by atoms with Gasteiger partial charge in [-0.2, -0.15) is 0 Å². The molecule has 0 unspecified atom stereocenters. The number of hydrogen-bond acceptors (Lipinski definition) is 6. The van der Waals surface area contributed by atoms with E-state index in [0.29, 0.717) is 23.9 Å². The lowest BCUT2D eigenvalue weighted by atomic mass is 10.0. The van der Waals surface area contributed by atoms with E-state index in [1.807, 2.05) is 60.7 Å². The molecule has 0 bridgehead atoms. The maximum absolute atomic E-state index is 13.7. The minimum atomic E-state index is -1.02. The van der Waals surface area contributed by atoms with Gasteiger partial charge in [-0.15, -0.1) is 0 Å². The number of amides is 1. The molecular formula is C33H36N2O6. The van der Waals surface area contributed by atoms with Crippen molar-refractivity contribution in [1.29, 1.82) is 0 Å². The smallest absolute Gasteiger partial charge is 0.329 e. The number of nitrogens with one attached hydrogen (secondary N) is 1. The number of pyridine rings is 1. The summed E-state index contributed by atoms with van der Waals surface area (Å²) in [6.07, 6.45) is 3.83. The van der Waals surface area contributed by atoms with Crippen molar-refractivity contribution in [1.82, 2.24) is 9.88 Å². The fourth-order valence-corrected chi connectivity index (χ4v) is 4.79. The summed E-state index contributed by atoms with van der Waals surface area (Å²) in [4.78, 5) is 40.5. The van der Waals surface area contributed by atoms with Crippen LogP contribution in [0.25, 0.3) is 10.9 Å². The van der Waals surface area contributed by atoms with Gasteiger partial charge in [-0.3, -0.25) is 9.59 Å². The first-order valence-electron chi connectivity index (χ1n) is 13.9. The molecule has 1 atom stereocenters. The van der Waals surface area contributed by atoms with Crippen LogP contribution >= 0.6 is 0 Å². The Balaban J connectivity index is 1.66. The first-order valence-corrected chi connectivity index (χ1v) is 13.9. The number of nitrogens with zero attached hydrogens (tertiary/aromatic N) is 1. The van der Waals surface area contributed by atoms with Gasteiger partial charge >= 0.3 is 5.97 Å². The van der Waals surface area contributed by atoms with Gasteiger partial charge in [0.25, 0.3) is 11.5 Å². The zero-order valence-corrected chi connectivity index (χ0v) is 23.5. The van der Waals surface area contributed by atoms with E-state index in [4.69, 9.17) is 9.47 Å². The molecule has 41 heavy (non-hydrogen) atoms. The van der Waals surface area contributed by atoms with Crippen LogP contribution in [-0.4, -0.2) is 34.7 Å². The summed E-state index contributed by atoms with van der Waals surface area (Å²) < 4.78 is 12.2. The Morgan fingerprint density at radius 2 is 1.61 bits per heavy atom. The van der Waals surface area contributed by atoms with Gasteiger partial charge in [0.05, 0.1) is 12.6 Å². The van der Waals surface area contributed by atoms with Gasteiger partial charge in [-0.25, -0.2) is 4.79 Å². The Labute approximate surface area is 239 Å². The van der Waals surface area contributed by atoms with Crippen molar-refractivity contribution in [3.63, 3.8) is 0 Å². The number of hydrogen-bond donors (Lipinski definition) is 2. The molecule has 0 radical (unpaired) electrons. The van der Waals surface area contributed by atoms with Crippen molar-refractivity contribution in [2.45, 2.75) is 58.2 Å². The number of esters is 1. The van der Waals surface area contributed by atoms with E-state index in [-0.39, 0.29) is 30.1 Å². The van der Waals surface area contributed by atoms with Crippen molar-refractivity contribution in [2.24, 2.45) is 0 Å². The summed E-state index contributed by atoms with van der Waals surface area (Å²) in [6, 6.07) is 22.3. The number of rotatable bonds is 13. The standard InChI is InChI=1S/C33H36N2O6/c1-3-4-5-12-19-35-29-25(17-18-28(40-2)30(29)36)21-26(32(35)38)31(37)34-27(20-23-13-8-6-9-14-23)33(39)41-22-24-15-10-7-11-16-24/h6-11,13-18,21,27,36H,3-5,12,19-20,22H2,1-2H3,(H,34,37)/t27-/m1/s1. The molecular weight excluding hydrogens is 520 g/mol. The Bertz CT molecular complexity index is 1530. The quantitative estimate of drug-likeness (QED) is 0.169. The number of methoxy groups -OCH3 is 1.